The predicted molar refractivity (Wildman–Crippen MR) is 146 cm³/mol. The van der Waals surface area contributed by atoms with E-state index in [0.717, 1.165) is 48.0 Å². The van der Waals surface area contributed by atoms with Crippen LogP contribution in [0.15, 0.2) is 71.3 Å². The molecule has 7 nitrogen and oxygen atoms in total. The molecule has 0 atom stereocenters. The zero-order valence-corrected chi connectivity index (χ0v) is 21.0. The molecule has 0 aliphatic carbocycles. The van der Waals surface area contributed by atoms with Crippen LogP contribution in [0.2, 0.25) is 5.02 Å². The third-order valence-corrected chi connectivity index (χ3v) is 6.68. The average Bonchev–Trinajstić information content (AvgIpc) is 3.35. The zero-order valence-electron chi connectivity index (χ0n) is 20.2. The van der Waals surface area contributed by atoms with Gasteiger partial charge in [-0.3, -0.25) is 9.59 Å². The monoisotopic (exact) mass is 514 g/mol. The molecule has 2 amide bonds. The van der Waals surface area contributed by atoms with E-state index in [9.17, 15) is 9.59 Å². The molecule has 0 unspecified atom stereocenters. The van der Waals surface area contributed by atoms with Crippen molar-refractivity contribution < 1.29 is 14.0 Å². The van der Waals surface area contributed by atoms with E-state index in [1.54, 1.807) is 24.4 Å². The number of pyridine rings is 1. The number of hydrogen-bond donors (Lipinski definition) is 2. The lowest BCUT2D eigenvalue weighted by Crippen LogP contribution is -2.35. The summed E-state index contributed by atoms with van der Waals surface area (Å²) in [6.45, 7) is 1.87. The van der Waals surface area contributed by atoms with Crippen LogP contribution in [-0.2, 0) is 11.3 Å². The van der Waals surface area contributed by atoms with E-state index in [-0.39, 0.29) is 18.4 Å². The third-order valence-electron chi connectivity index (χ3n) is 6.40. The number of piperidine rings is 1. The number of anilines is 1. The highest BCUT2D eigenvalue weighted by Gasteiger charge is 2.18. The third kappa shape index (κ3) is 5.84. The van der Waals surface area contributed by atoms with Gasteiger partial charge in [-0.2, -0.15) is 0 Å². The Morgan fingerprint density at radius 2 is 1.81 bits per heavy atom. The Balaban J connectivity index is 1.26. The van der Waals surface area contributed by atoms with Crippen LogP contribution >= 0.6 is 11.6 Å². The molecule has 37 heavy (non-hydrogen) atoms. The lowest BCUT2D eigenvalue weighted by molar-refractivity contribution is -0.116. The number of carbonyl (C=O) groups excluding carboxylic acids is 2. The van der Waals surface area contributed by atoms with E-state index in [1.807, 2.05) is 47.4 Å². The highest BCUT2D eigenvalue weighted by molar-refractivity contribution is 6.35. The highest BCUT2D eigenvalue weighted by atomic mass is 35.5. The molecule has 188 valence electrons. The largest absolute Gasteiger partial charge is 0.458 e. The summed E-state index contributed by atoms with van der Waals surface area (Å²) in [6, 6.07) is 16.8. The Bertz CT molecular complexity index is 1450. The summed E-state index contributed by atoms with van der Waals surface area (Å²) < 4.78 is 5.89. The molecule has 3 heterocycles. The molecule has 4 aromatic rings. The summed E-state index contributed by atoms with van der Waals surface area (Å²) in [5.74, 6) is 0.838. The number of halogens is 1. The Kier molecular flexibility index (Phi) is 7.23. The summed E-state index contributed by atoms with van der Waals surface area (Å²) >= 11 is 6.53. The van der Waals surface area contributed by atoms with Crippen molar-refractivity contribution in [3.05, 3.63) is 88.8 Å². The van der Waals surface area contributed by atoms with Gasteiger partial charge in [0.05, 0.1) is 11.6 Å². The Morgan fingerprint density at radius 1 is 1.03 bits per heavy atom. The van der Waals surface area contributed by atoms with Crippen LogP contribution in [0, 0.1) is 0 Å². The number of likely N-dealkylation sites (tertiary alicyclic amines) is 1. The molecule has 1 aliphatic heterocycles. The van der Waals surface area contributed by atoms with E-state index in [2.05, 4.69) is 10.3 Å². The number of hydrogen-bond acceptors (Lipinski definition) is 5. The summed E-state index contributed by atoms with van der Waals surface area (Å²) in [7, 11) is 0. The number of rotatable bonds is 6. The second-order valence-corrected chi connectivity index (χ2v) is 9.49. The first-order valence-electron chi connectivity index (χ1n) is 12.3. The van der Waals surface area contributed by atoms with E-state index in [1.165, 1.54) is 12.5 Å². The van der Waals surface area contributed by atoms with Gasteiger partial charge in [0.2, 0.25) is 5.91 Å². The van der Waals surface area contributed by atoms with Crippen LogP contribution < -0.4 is 11.1 Å². The first-order chi connectivity index (χ1) is 18.0. The van der Waals surface area contributed by atoms with Gasteiger partial charge >= 0.3 is 0 Å². The van der Waals surface area contributed by atoms with Gasteiger partial charge in [0.25, 0.3) is 5.91 Å². The molecule has 0 bridgehead atoms. The van der Waals surface area contributed by atoms with E-state index in [4.69, 9.17) is 21.8 Å². The van der Waals surface area contributed by atoms with Crippen molar-refractivity contribution in [2.45, 2.75) is 25.8 Å². The molecule has 0 saturated carbocycles. The summed E-state index contributed by atoms with van der Waals surface area (Å²) in [6.07, 6.45) is 8.01. The lowest BCUT2D eigenvalue weighted by Gasteiger charge is -2.26. The number of aromatic nitrogens is 1. The number of fused-ring (bicyclic) bond motifs is 1. The van der Waals surface area contributed by atoms with Crippen LogP contribution in [0.5, 0.6) is 0 Å². The van der Waals surface area contributed by atoms with Crippen molar-refractivity contribution in [3.8, 4) is 11.1 Å². The minimum Gasteiger partial charge on any atom is -0.458 e. The van der Waals surface area contributed by atoms with Crippen molar-refractivity contribution in [1.29, 1.82) is 0 Å². The van der Waals surface area contributed by atoms with Crippen molar-refractivity contribution in [3.63, 3.8) is 0 Å². The maximum Gasteiger partial charge on any atom is 0.253 e. The number of nitrogens with two attached hydrogens (primary N) is 1. The van der Waals surface area contributed by atoms with Gasteiger partial charge in [0, 0.05) is 36.3 Å². The van der Waals surface area contributed by atoms with Gasteiger partial charge in [-0.25, -0.2) is 4.98 Å². The SMILES string of the molecule is Nc1ccc(/C=C/C(=O)NCc2cc3cc(-c4ccc(C(=O)N5CCCCC5)cc4)cc(Cl)c3o2)cn1. The Morgan fingerprint density at radius 3 is 2.54 bits per heavy atom. The maximum atomic E-state index is 12.8. The van der Waals surface area contributed by atoms with Gasteiger partial charge in [0.15, 0.2) is 5.58 Å². The molecular weight excluding hydrogens is 488 g/mol. The number of amides is 2. The van der Waals surface area contributed by atoms with E-state index in [0.29, 0.717) is 27.7 Å². The molecule has 3 N–H and O–H groups in total. The average molecular weight is 515 g/mol. The number of nitrogens with zero attached hydrogens (tertiary/aromatic N) is 2. The quantitative estimate of drug-likeness (QED) is 0.322. The standard InChI is InChI=1S/C29H27ClN4O3/c30-25-16-22(20-6-8-21(9-7-20)29(36)34-12-2-1-3-13-34)14-23-15-24(37-28(23)25)18-33-27(35)11-5-19-4-10-26(31)32-17-19/h4-11,14-17H,1-3,12-13,18H2,(H2,31,32)(H,33,35)/b11-5+. The molecule has 0 spiro atoms. The van der Waals surface area contributed by atoms with Crippen LogP contribution in [0.25, 0.3) is 28.2 Å². The molecular formula is C29H27ClN4O3. The van der Waals surface area contributed by atoms with E-state index < -0.39 is 0 Å². The fourth-order valence-electron chi connectivity index (χ4n) is 4.42. The first-order valence-corrected chi connectivity index (χ1v) is 12.6. The maximum absolute atomic E-state index is 12.8. The fourth-order valence-corrected chi connectivity index (χ4v) is 4.69. The highest BCUT2D eigenvalue weighted by Crippen LogP contribution is 2.33. The first kappa shape index (κ1) is 24.6. The molecule has 0 radical (unpaired) electrons. The Hall–Kier alpha value is -4.10. The zero-order chi connectivity index (χ0) is 25.8. The molecule has 1 saturated heterocycles. The van der Waals surface area contributed by atoms with Crippen LogP contribution in [-0.4, -0.2) is 34.8 Å². The molecule has 5 rings (SSSR count). The molecule has 1 aliphatic rings. The van der Waals surface area contributed by atoms with Gasteiger partial charge in [-0.05, 0) is 84.5 Å². The van der Waals surface area contributed by atoms with Crippen molar-refractivity contribution in [2.24, 2.45) is 0 Å². The van der Waals surface area contributed by atoms with E-state index >= 15 is 0 Å². The summed E-state index contributed by atoms with van der Waals surface area (Å²) in [4.78, 5) is 30.9. The van der Waals surface area contributed by atoms with Crippen molar-refractivity contribution in [1.82, 2.24) is 15.2 Å². The van der Waals surface area contributed by atoms with Crippen LogP contribution in [0.3, 0.4) is 0 Å². The number of nitrogens with one attached hydrogen (secondary N) is 1. The minimum absolute atomic E-state index is 0.0845. The normalized spacial score (nSPS) is 13.8. The molecule has 8 heteroatoms. The molecule has 2 aromatic carbocycles. The fraction of sp³-hybridized carbons (Fsp3) is 0.207. The smallest absolute Gasteiger partial charge is 0.253 e. The van der Waals surface area contributed by atoms with Gasteiger partial charge < -0.3 is 20.4 Å². The summed E-state index contributed by atoms with van der Waals surface area (Å²) in [5.41, 5.74) is 9.49. The number of nitrogen functional groups attached to an aromatic ring is 1. The van der Waals surface area contributed by atoms with Gasteiger partial charge in [-0.1, -0.05) is 23.7 Å². The second-order valence-electron chi connectivity index (χ2n) is 9.09. The topological polar surface area (TPSA) is 101 Å². The Labute approximate surface area is 219 Å². The molecule has 1 fully saturated rings. The lowest BCUT2D eigenvalue weighted by atomic mass is 10.0. The van der Waals surface area contributed by atoms with Crippen LogP contribution in [0.4, 0.5) is 5.82 Å². The number of furan rings is 1. The predicted octanol–water partition coefficient (Wildman–Crippen LogP) is 5.69. The van der Waals surface area contributed by atoms with Crippen molar-refractivity contribution >= 4 is 46.3 Å². The van der Waals surface area contributed by atoms with Gasteiger partial charge in [-0.15, -0.1) is 0 Å². The minimum atomic E-state index is -0.261. The van der Waals surface area contributed by atoms with Crippen LogP contribution in [0.1, 0.15) is 40.9 Å². The summed E-state index contributed by atoms with van der Waals surface area (Å²) in [5, 5.41) is 4.13. The van der Waals surface area contributed by atoms with Crippen molar-refractivity contribution in [2.75, 3.05) is 18.8 Å². The van der Waals surface area contributed by atoms with Gasteiger partial charge in [0.1, 0.15) is 11.6 Å². The second kappa shape index (κ2) is 10.9. The molecule has 2 aromatic heterocycles. The number of carbonyl (C=O) groups is 2. The number of benzene rings is 2.